The molecule has 19 heavy (non-hydrogen) atoms. The highest BCUT2D eigenvalue weighted by molar-refractivity contribution is 7.13. The van der Waals surface area contributed by atoms with Crippen LogP contribution in [0.1, 0.15) is 11.1 Å². The van der Waals surface area contributed by atoms with Gasteiger partial charge < -0.3 is 5.73 Å². The summed E-state index contributed by atoms with van der Waals surface area (Å²) < 4.78 is 1.91. The molecule has 0 saturated heterocycles. The number of nitrogens with zero attached hydrogens (tertiary/aromatic N) is 2. The molecule has 3 aromatic rings. The summed E-state index contributed by atoms with van der Waals surface area (Å²) in [5.41, 5.74) is 10.2. The molecule has 1 aromatic carbocycles. The van der Waals surface area contributed by atoms with E-state index in [9.17, 15) is 0 Å². The molecule has 3 rings (SSSR count). The van der Waals surface area contributed by atoms with Crippen LogP contribution in [-0.4, -0.2) is 9.78 Å². The van der Waals surface area contributed by atoms with Gasteiger partial charge >= 0.3 is 0 Å². The van der Waals surface area contributed by atoms with Crippen molar-refractivity contribution >= 4 is 17.0 Å². The van der Waals surface area contributed by atoms with E-state index >= 15 is 0 Å². The number of nitrogen functional groups attached to an aromatic ring is 1. The van der Waals surface area contributed by atoms with Gasteiger partial charge in [0, 0.05) is 6.20 Å². The van der Waals surface area contributed by atoms with E-state index in [0.29, 0.717) is 0 Å². The van der Waals surface area contributed by atoms with Crippen LogP contribution in [0, 0.1) is 6.92 Å². The van der Waals surface area contributed by atoms with E-state index in [1.807, 2.05) is 34.5 Å². The van der Waals surface area contributed by atoms with Crippen LogP contribution >= 0.6 is 11.3 Å². The van der Waals surface area contributed by atoms with Crippen LogP contribution in [0.3, 0.4) is 0 Å². The van der Waals surface area contributed by atoms with Gasteiger partial charge in [0.25, 0.3) is 0 Å². The Hall–Kier alpha value is -2.07. The number of benzene rings is 1. The minimum absolute atomic E-state index is 0.732. The number of hydrogen-bond acceptors (Lipinski definition) is 3. The van der Waals surface area contributed by atoms with Gasteiger partial charge in [0.1, 0.15) is 5.69 Å². The SMILES string of the molecule is Cc1ccccc1Cn1cc(N)c(-c2cccs2)n1. The molecule has 2 N–H and O–H groups in total. The molecule has 0 radical (unpaired) electrons. The average Bonchev–Trinajstić information content (AvgIpc) is 3.01. The molecular weight excluding hydrogens is 254 g/mol. The van der Waals surface area contributed by atoms with E-state index in [1.54, 1.807) is 11.3 Å². The van der Waals surface area contributed by atoms with Crippen LogP contribution < -0.4 is 5.73 Å². The predicted molar refractivity (Wildman–Crippen MR) is 80.2 cm³/mol. The monoisotopic (exact) mass is 269 g/mol. The van der Waals surface area contributed by atoms with Crippen LogP contribution in [0.4, 0.5) is 5.69 Å². The Morgan fingerprint density at radius 3 is 2.79 bits per heavy atom. The number of aryl methyl sites for hydroxylation is 1. The van der Waals surface area contributed by atoms with E-state index in [1.165, 1.54) is 11.1 Å². The van der Waals surface area contributed by atoms with Crippen LogP contribution in [-0.2, 0) is 6.54 Å². The molecule has 0 spiro atoms. The molecule has 96 valence electrons. The number of anilines is 1. The van der Waals surface area contributed by atoms with Crippen molar-refractivity contribution < 1.29 is 0 Å². The highest BCUT2D eigenvalue weighted by Gasteiger charge is 2.10. The van der Waals surface area contributed by atoms with E-state index in [-0.39, 0.29) is 0 Å². The lowest BCUT2D eigenvalue weighted by atomic mass is 10.1. The molecule has 2 aromatic heterocycles. The molecule has 0 fully saturated rings. The van der Waals surface area contributed by atoms with Gasteiger partial charge in [-0.3, -0.25) is 4.68 Å². The van der Waals surface area contributed by atoms with Gasteiger partial charge in [-0.25, -0.2) is 0 Å². The summed E-state index contributed by atoms with van der Waals surface area (Å²) in [6.45, 7) is 2.87. The first-order valence-electron chi connectivity index (χ1n) is 6.15. The van der Waals surface area contributed by atoms with Crippen molar-refractivity contribution in [1.29, 1.82) is 0 Å². The van der Waals surface area contributed by atoms with Gasteiger partial charge in [-0.05, 0) is 29.5 Å². The zero-order chi connectivity index (χ0) is 13.2. The van der Waals surface area contributed by atoms with Gasteiger partial charge in [-0.1, -0.05) is 30.3 Å². The molecule has 2 heterocycles. The Morgan fingerprint density at radius 2 is 2.05 bits per heavy atom. The second-order valence-electron chi connectivity index (χ2n) is 4.53. The lowest BCUT2D eigenvalue weighted by Gasteiger charge is -2.05. The molecule has 0 aliphatic rings. The molecule has 0 saturated carbocycles. The van der Waals surface area contributed by atoms with Crippen molar-refractivity contribution in [1.82, 2.24) is 9.78 Å². The third kappa shape index (κ3) is 2.39. The first-order valence-corrected chi connectivity index (χ1v) is 7.03. The summed E-state index contributed by atoms with van der Waals surface area (Å²) in [6.07, 6.45) is 1.90. The molecule has 0 aliphatic heterocycles. The Morgan fingerprint density at radius 1 is 1.21 bits per heavy atom. The van der Waals surface area contributed by atoms with Crippen molar-refractivity contribution in [3.63, 3.8) is 0 Å². The van der Waals surface area contributed by atoms with E-state index in [4.69, 9.17) is 5.73 Å². The van der Waals surface area contributed by atoms with E-state index in [2.05, 4.69) is 30.2 Å². The van der Waals surface area contributed by atoms with Crippen LogP contribution in [0.5, 0.6) is 0 Å². The number of hydrogen-bond donors (Lipinski definition) is 1. The predicted octanol–water partition coefficient (Wildman–Crippen LogP) is 3.55. The number of rotatable bonds is 3. The van der Waals surface area contributed by atoms with Crippen LogP contribution in [0.25, 0.3) is 10.6 Å². The second kappa shape index (κ2) is 4.90. The van der Waals surface area contributed by atoms with Gasteiger partial charge in [0.15, 0.2) is 0 Å². The summed E-state index contributed by atoms with van der Waals surface area (Å²) in [4.78, 5) is 1.11. The number of thiophene rings is 1. The first-order chi connectivity index (χ1) is 9.24. The fourth-order valence-corrected chi connectivity index (χ4v) is 2.82. The lowest BCUT2D eigenvalue weighted by molar-refractivity contribution is 0.687. The van der Waals surface area contributed by atoms with Gasteiger partial charge in [0.2, 0.25) is 0 Å². The number of aromatic nitrogens is 2. The molecular formula is C15H15N3S. The Labute approximate surface area is 116 Å². The topological polar surface area (TPSA) is 43.8 Å². The minimum atomic E-state index is 0.732. The van der Waals surface area contributed by atoms with Crippen molar-refractivity contribution in [3.05, 3.63) is 59.1 Å². The zero-order valence-electron chi connectivity index (χ0n) is 10.7. The van der Waals surface area contributed by atoms with Gasteiger partial charge in [-0.15, -0.1) is 11.3 Å². The fourth-order valence-electron chi connectivity index (χ4n) is 2.08. The van der Waals surface area contributed by atoms with Gasteiger partial charge in [-0.2, -0.15) is 5.10 Å². The summed E-state index contributed by atoms with van der Waals surface area (Å²) >= 11 is 1.66. The summed E-state index contributed by atoms with van der Waals surface area (Å²) in [7, 11) is 0. The third-order valence-corrected chi connectivity index (χ3v) is 4.01. The molecule has 0 bridgehead atoms. The molecule has 0 atom stereocenters. The molecule has 3 nitrogen and oxygen atoms in total. The Kier molecular flexibility index (Phi) is 3.09. The molecule has 0 unspecified atom stereocenters. The minimum Gasteiger partial charge on any atom is -0.396 e. The maximum Gasteiger partial charge on any atom is 0.125 e. The molecule has 4 heteroatoms. The van der Waals surface area contributed by atoms with E-state index in [0.717, 1.165) is 22.8 Å². The highest BCUT2D eigenvalue weighted by Crippen LogP contribution is 2.28. The van der Waals surface area contributed by atoms with Crippen molar-refractivity contribution in [2.45, 2.75) is 13.5 Å². The molecule has 0 amide bonds. The van der Waals surface area contributed by atoms with E-state index < -0.39 is 0 Å². The summed E-state index contributed by atoms with van der Waals surface area (Å²) in [5, 5.41) is 6.63. The average molecular weight is 269 g/mol. The quantitative estimate of drug-likeness (QED) is 0.790. The largest absolute Gasteiger partial charge is 0.396 e. The number of nitrogens with two attached hydrogens (primary N) is 1. The van der Waals surface area contributed by atoms with Crippen molar-refractivity contribution in [2.24, 2.45) is 0 Å². The smallest absolute Gasteiger partial charge is 0.125 e. The van der Waals surface area contributed by atoms with Crippen molar-refractivity contribution in [3.8, 4) is 10.6 Å². The maximum atomic E-state index is 6.05. The summed E-state index contributed by atoms with van der Waals surface area (Å²) in [6, 6.07) is 12.4. The normalized spacial score (nSPS) is 10.8. The first kappa shape index (κ1) is 12.0. The Balaban J connectivity index is 1.91. The highest BCUT2D eigenvalue weighted by atomic mass is 32.1. The lowest BCUT2D eigenvalue weighted by Crippen LogP contribution is -2.01. The standard InChI is InChI=1S/C15H15N3S/c1-11-5-2-3-6-12(11)9-18-10-13(16)15(17-18)14-7-4-8-19-14/h2-8,10H,9,16H2,1H3. The maximum absolute atomic E-state index is 6.05. The Bertz CT molecular complexity index is 683. The zero-order valence-corrected chi connectivity index (χ0v) is 11.5. The third-order valence-electron chi connectivity index (χ3n) is 3.14. The summed E-state index contributed by atoms with van der Waals surface area (Å²) in [5.74, 6) is 0. The fraction of sp³-hybridized carbons (Fsp3) is 0.133. The second-order valence-corrected chi connectivity index (χ2v) is 5.48. The van der Waals surface area contributed by atoms with Crippen LogP contribution in [0.2, 0.25) is 0 Å². The molecule has 0 aliphatic carbocycles. The van der Waals surface area contributed by atoms with Gasteiger partial charge in [0.05, 0.1) is 17.1 Å². The van der Waals surface area contributed by atoms with Crippen LogP contribution in [0.15, 0.2) is 48.0 Å². The van der Waals surface area contributed by atoms with Crippen molar-refractivity contribution in [2.75, 3.05) is 5.73 Å².